The Morgan fingerprint density at radius 2 is 0.884 bits per heavy atom. The fourth-order valence-corrected chi connectivity index (χ4v) is 5.05. The number of benzene rings is 2. The molecule has 0 spiro atoms. The second kappa shape index (κ2) is 19.6. The molecule has 0 aliphatic carbocycles. The van der Waals surface area contributed by atoms with Crippen LogP contribution in [0, 0.1) is 0 Å². The summed E-state index contributed by atoms with van der Waals surface area (Å²) >= 11 is 3.16. The third-order valence-electron chi connectivity index (χ3n) is 5.98. The molecule has 2 aromatic heterocycles. The van der Waals surface area contributed by atoms with E-state index in [4.69, 9.17) is 38.8 Å². The Kier molecular flexibility index (Phi) is 17.1. The van der Waals surface area contributed by atoms with Crippen LogP contribution in [-0.2, 0) is 24.9 Å². The van der Waals surface area contributed by atoms with Crippen LogP contribution in [0.5, 0.6) is 0 Å². The van der Waals surface area contributed by atoms with Crippen LogP contribution in [0.3, 0.4) is 0 Å². The summed E-state index contributed by atoms with van der Waals surface area (Å²) < 4.78 is 3.91. The van der Waals surface area contributed by atoms with Crippen LogP contribution in [0.1, 0.15) is 27.7 Å². The Balaban J connectivity index is 0.000000260. The second-order valence-electron chi connectivity index (χ2n) is 8.98. The molecule has 232 valence electrons. The maximum atomic E-state index is 5.05. The summed E-state index contributed by atoms with van der Waals surface area (Å²) in [6.07, 6.45) is 3.95. The van der Waals surface area contributed by atoms with E-state index in [9.17, 15) is 0 Å². The van der Waals surface area contributed by atoms with Gasteiger partial charge in [-0.3, -0.25) is 0 Å². The first kappa shape index (κ1) is 37.5. The molecule has 0 aliphatic heterocycles. The van der Waals surface area contributed by atoms with Crippen LogP contribution in [0.15, 0.2) is 92.1 Å². The summed E-state index contributed by atoms with van der Waals surface area (Å²) in [4.78, 5) is 4.61. The van der Waals surface area contributed by atoms with Gasteiger partial charge in [0.25, 0.3) is 0 Å². The van der Waals surface area contributed by atoms with Gasteiger partial charge >= 0.3 is 59.8 Å². The summed E-state index contributed by atoms with van der Waals surface area (Å²) in [7, 11) is 20.8. The van der Waals surface area contributed by atoms with E-state index in [0.29, 0.717) is 0 Å². The van der Waals surface area contributed by atoms with E-state index >= 15 is 0 Å². The molecule has 0 amide bonds. The Bertz CT molecular complexity index is 1290. The number of halogens is 4. The molecule has 43 heavy (non-hydrogen) atoms. The third kappa shape index (κ3) is 14.3. The van der Waals surface area contributed by atoms with Crippen molar-refractivity contribution in [3.05, 3.63) is 71.7 Å². The standard InChI is InChI=1S/2C14H19N4S.4ClH.Zn/c2*1-4-18(5-2)13-8-6-12(7-9-13)15-16-14-17(3)10-11-19-14;;;;;/h2*6-11H,4-5H2,1-3H3;4*1H;/q2*+1;;;;;+2/p-4. The van der Waals surface area contributed by atoms with E-state index in [1.807, 2.05) is 70.6 Å². The van der Waals surface area contributed by atoms with Gasteiger partial charge < -0.3 is 9.80 Å². The number of nitrogens with zero attached hydrogens (tertiary/aromatic N) is 8. The topological polar surface area (TPSA) is 63.7 Å². The van der Waals surface area contributed by atoms with Gasteiger partial charge in [-0.2, -0.15) is 0 Å². The van der Waals surface area contributed by atoms with Gasteiger partial charge in [-0.1, -0.05) is 0 Å². The van der Waals surface area contributed by atoms with Crippen molar-refractivity contribution >= 4 is 94.5 Å². The number of aromatic nitrogens is 2. The Morgan fingerprint density at radius 1 is 0.581 bits per heavy atom. The molecule has 0 fully saturated rings. The van der Waals surface area contributed by atoms with Crippen LogP contribution in [0.4, 0.5) is 33.0 Å². The van der Waals surface area contributed by atoms with E-state index in [-0.39, 0.29) is 0 Å². The Labute approximate surface area is 282 Å². The average Bonchev–Trinajstić information content (AvgIpc) is 3.59. The summed E-state index contributed by atoms with van der Waals surface area (Å²) in [5.74, 6) is 0. The van der Waals surface area contributed by atoms with Crippen molar-refractivity contribution in [3.8, 4) is 0 Å². The van der Waals surface area contributed by atoms with Crippen molar-refractivity contribution in [2.75, 3.05) is 36.0 Å². The number of anilines is 2. The van der Waals surface area contributed by atoms with Gasteiger partial charge in [-0.15, -0.1) is 0 Å². The average molecular weight is 758 g/mol. The number of azo groups is 2. The fourth-order valence-electron chi connectivity index (χ4n) is 3.69. The van der Waals surface area contributed by atoms with E-state index in [2.05, 4.69) is 82.2 Å². The minimum absolute atomic E-state index is 0.879. The molecule has 0 unspecified atom stereocenters. The SMILES string of the molecule is CCN(CC)c1ccc(N=Nc2scc[n+]2C)cc1.CCN(CC)c1ccc(N=Nc2scc[n+]2C)cc1.[Cl][Zn-2]([Cl])([Cl])[Cl]. The molecular weight excluding hydrogens is 720 g/mol. The van der Waals surface area contributed by atoms with Crippen molar-refractivity contribution < 1.29 is 19.9 Å². The molecule has 0 radical (unpaired) electrons. The van der Waals surface area contributed by atoms with Crippen LogP contribution in [0.25, 0.3) is 0 Å². The molecule has 0 saturated heterocycles. The molecular formula is C28H38Cl4N8S2Zn. The number of hydrogen-bond donors (Lipinski definition) is 0. The van der Waals surface area contributed by atoms with Crippen molar-refractivity contribution in [3.63, 3.8) is 0 Å². The van der Waals surface area contributed by atoms with Gasteiger partial charge in [0.1, 0.15) is 23.8 Å². The first-order valence-corrected chi connectivity index (χ1v) is 31.3. The molecule has 2 heterocycles. The molecule has 15 heteroatoms. The molecule has 0 N–H and O–H groups in total. The van der Waals surface area contributed by atoms with Gasteiger partial charge in [0, 0.05) is 48.3 Å². The number of aryl methyl sites for hydroxylation is 2. The van der Waals surface area contributed by atoms with Crippen LogP contribution in [-0.4, -0.2) is 26.2 Å². The van der Waals surface area contributed by atoms with Gasteiger partial charge in [0.05, 0.1) is 24.3 Å². The second-order valence-corrected chi connectivity index (χ2v) is 38.5. The first-order valence-electron chi connectivity index (χ1n) is 14.0. The van der Waals surface area contributed by atoms with Gasteiger partial charge in [-0.05, 0) is 109 Å². The van der Waals surface area contributed by atoms with Crippen molar-refractivity contribution in [2.45, 2.75) is 27.7 Å². The number of hydrogen-bond acceptors (Lipinski definition) is 8. The molecule has 0 bridgehead atoms. The van der Waals surface area contributed by atoms with E-state index < -0.39 is 10.8 Å². The number of rotatable bonds is 10. The molecule has 8 nitrogen and oxygen atoms in total. The molecule has 4 aromatic rings. The summed E-state index contributed by atoms with van der Waals surface area (Å²) in [5.41, 5.74) is 4.21. The van der Waals surface area contributed by atoms with Gasteiger partial charge in [-0.25, -0.2) is 9.13 Å². The van der Waals surface area contributed by atoms with Crippen LogP contribution >= 0.6 is 61.4 Å². The predicted molar refractivity (Wildman–Crippen MR) is 183 cm³/mol. The van der Waals surface area contributed by atoms with Crippen molar-refractivity contribution in [2.24, 2.45) is 34.6 Å². The first-order chi connectivity index (χ1) is 20.5. The molecule has 0 atom stereocenters. The zero-order valence-corrected chi connectivity index (χ0v) is 33.0. The summed E-state index contributed by atoms with van der Waals surface area (Å²) in [6, 6.07) is 16.4. The zero-order valence-electron chi connectivity index (χ0n) is 25.4. The van der Waals surface area contributed by atoms with E-state index in [0.717, 1.165) is 47.8 Å². The summed E-state index contributed by atoms with van der Waals surface area (Å²) in [6.45, 7) is 12.7. The van der Waals surface area contributed by atoms with E-state index in [1.165, 1.54) is 11.4 Å². The van der Waals surface area contributed by atoms with Crippen LogP contribution < -0.4 is 18.9 Å². The van der Waals surface area contributed by atoms with E-state index in [1.54, 1.807) is 22.7 Å². The maximum absolute atomic E-state index is 5.05. The monoisotopic (exact) mass is 754 g/mol. The minimum atomic E-state index is -3.36. The fraction of sp³-hybridized carbons (Fsp3) is 0.357. The quantitative estimate of drug-likeness (QED) is 0.0919. The molecule has 2 aromatic carbocycles. The van der Waals surface area contributed by atoms with Gasteiger partial charge in [0.2, 0.25) is 0 Å². The predicted octanol–water partition coefficient (Wildman–Crippen LogP) is 10.4. The third-order valence-corrected chi connectivity index (χ3v) is 7.65. The Morgan fingerprint density at radius 3 is 1.12 bits per heavy atom. The summed E-state index contributed by atoms with van der Waals surface area (Å²) in [5, 5.41) is 22.8. The molecule has 4 rings (SSSR count). The zero-order chi connectivity index (χ0) is 31.8. The van der Waals surface area contributed by atoms with Crippen molar-refractivity contribution in [1.29, 1.82) is 0 Å². The van der Waals surface area contributed by atoms with Crippen molar-refractivity contribution in [1.82, 2.24) is 0 Å². The number of thiazole rings is 2. The van der Waals surface area contributed by atoms with Crippen LogP contribution in [0.2, 0.25) is 0 Å². The van der Waals surface area contributed by atoms with Gasteiger partial charge in [0.15, 0.2) is 0 Å². The normalized spacial score (nSPS) is 11.2. The Hall–Kier alpha value is -1.72. The molecule has 0 saturated carbocycles. The molecule has 0 aliphatic rings.